The molecule has 0 aromatic carbocycles. The van der Waals surface area contributed by atoms with Gasteiger partial charge in [-0.2, -0.15) is 0 Å². The molecule has 6 heteroatoms. The number of hydrogen-bond acceptors (Lipinski definition) is 6. The number of carbonyl (C=O) groups excluding carboxylic acids is 3. The van der Waals surface area contributed by atoms with Crippen LogP contribution in [0.25, 0.3) is 0 Å². The monoisotopic (exact) mass is 693 g/mol. The van der Waals surface area contributed by atoms with Gasteiger partial charge >= 0.3 is 17.9 Å². The molecule has 0 bridgehead atoms. The van der Waals surface area contributed by atoms with E-state index in [9.17, 15) is 14.4 Å². The number of carbonyl (C=O) groups is 3. The molecule has 0 fully saturated rings. The van der Waals surface area contributed by atoms with E-state index in [-0.39, 0.29) is 31.1 Å². The second kappa shape index (κ2) is 38.9. The normalized spacial score (nSPS) is 12.0. The quantitative estimate of drug-likeness (QED) is 0.0277. The highest BCUT2D eigenvalue weighted by Crippen LogP contribution is 2.14. The fourth-order valence-corrected chi connectivity index (χ4v) is 6.03. The van der Waals surface area contributed by atoms with Crippen LogP contribution in [0.3, 0.4) is 0 Å². The largest absolute Gasteiger partial charge is 0.462 e. The maximum atomic E-state index is 12.6. The SMILES string of the molecule is CCC/C=C\CCCCCCCC(=O)OC(COC(=O)CCCCCCCCCCC)COC(=O)CCCCCCCCCCCCCC. The van der Waals surface area contributed by atoms with Crippen LogP contribution in [0.15, 0.2) is 12.2 Å². The third-order valence-electron chi connectivity index (χ3n) is 9.25. The molecule has 1 atom stereocenters. The third-order valence-corrected chi connectivity index (χ3v) is 9.25. The molecule has 0 N–H and O–H groups in total. The van der Waals surface area contributed by atoms with Crippen molar-refractivity contribution in [3.8, 4) is 0 Å². The Kier molecular flexibility index (Phi) is 37.5. The standard InChI is InChI=1S/C43H80O6/c1-4-7-10-13-16-19-21-22-25-27-30-33-36-42(45)48-39-40(38-47-41(44)35-32-29-26-23-18-15-12-9-6-3)49-43(46)37-34-31-28-24-20-17-14-11-8-5-2/h11,14,40H,4-10,12-13,15-39H2,1-3H3/b14-11-. The van der Waals surface area contributed by atoms with Crippen LogP contribution in [-0.2, 0) is 28.6 Å². The fourth-order valence-electron chi connectivity index (χ4n) is 6.03. The van der Waals surface area contributed by atoms with Gasteiger partial charge in [0, 0.05) is 19.3 Å². The van der Waals surface area contributed by atoms with Crippen LogP contribution in [0.4, 0.5) is 0 Å². The van der Waals surface area contributed by atoms with Crippen molar-refractivity contribution in [3.05, 3.63) is 12.2 Å². The van der Waals surface area contributed by atoms with Crippen molar-refractivity contribution in [2.75, 3.05) is 13.2 Å². The summed E-state index contributed by atoms with van der Waals surface area (Å²) in [5.41, 5.74) is 0. The van der Waals surface area contributed by atoms with Crippen molar-refractivity contribution in [2.45, 2.75) is 232 Å². The molecular weight excluding hydrogens is 612 g/mol. The Morgan fingerprint density at radius 1 is 0.388 bits per heavy atom. The molecule has 6 nitrogen and oxygen atoms in total. The third kappa shape index (κ3) is 37.2. The average molecular weight is 693 g/mol. The van der Waals surface area contributed by atoms with E-state index in [4.69, 9.17) is 14.2 Å². The molecule has 0 aliphatic rings. The van der Waals surface area contributed by atoms with Crippen molar-refractivity contribution < 1.29 is 28.6 Å². The summed E-state index contributed by atoms with van der Waals surface area (Å²) in [5, 5.41) is 0. The van der Waals surface area contributed by atoms with Gasteiger partial charge < -0.3 is 14.2 Å². The zero-order valence-electron chi connectivity index (χ0n) is 32.7. The van der Waals surface area contributed by atoms with Gasteiger partial charge in [0.15, 0.2) is 6.10 Å². The predicted molar refractivity (Wildman–Crippen MR) is 206 cm³/mol. The molecule has 0 saturated carbocycles. The first-order valence-electron chi connectivity index (χ1n) is 21.2. The van der Waals surface area contributed by atoms with E-state index in [1.165, 1.54) is 109 Å². The van der Waals surface area contributed by atoms with Crippen LogP contribution in [0.1, 0.15) is 226 Å². The lowest BCUT2D eigenvalue weighted by molar-refractivity contribution is -0.167. The predicted octanol–water partition coefficient (Wildman–Crippen LogP) is 13.1. The molecular formula is C43H80O6. The van der Waals surface area contributed by atoms with Gasteiger partial charge in [0.05, 0.1) is 0 Å². The summed E-state index contributed by atoms with van der Waals surface area (Å²) in [6.07, 6.45) is 39.1. The van der Waals surface area contributed by atoms with Crippen molar-refractivity contribution in [1.82, 2.24) is 0 Å². The molecule has 0 spiro atoms. The minimum absolute atomic E-state index is 0.0698. The van der Waals surface area contributed by atoms with E-state index in [0.717, 1.165) is 77.0 Å². The highest BCUT2D eigenvalue weighted by molar-refractivity contribution is 5.71. The van der Waals surface area contributed by atoms with Gasteiger partial charge in [-0.15, -0.1) is 0 Å². The van der Waals surface area contributed by atoms with Gasteiger partial charge in [-0.3, -0.25) is 14.4 Å². The van der Waals surface area contributed by atoms with Crippen LogP contribution in [0, 0.1) is 0 Å². The van der Waals surface area contributed by atoms with Crippen molar-refractivity contribution >= 4 is 17.9 Å². The van der Waals surface area contributed by atoms with Crippen LogP contribution < -0.4 is 0 Å². The first-order valence-corrected chi connectivity index (χ1v) is 21.2. The smallest absolute Gasteiger partial charge is 0.306 e. The number of ether oxygens (including phenoxy) is 3. The summed E-state index contributed by atoms with van der Waals surface area (Å²) >= 11 is 0. The number of esters is 3. The molecule has 288 valence electrons. The first kappa shape index (κ1) is 47.1. The molecule has 0 aromatic heterocycles. The van der Waals surface area contributed by atoms with Gasteiger partial charge in [-0.1, -0.05) is 181 Å². The number of unbranched alkanes of at least 4 members (excludes halogenated alkanes) is 25. The van der Waals surface area contributed by atoms with Crippen molar-refractivity contribution in [1.29, 1.82) is 0 Å². The first-order chi connectivity index (χ1) is 24.0. The Labute approximate surface area is 303 Å². The average Bonchev–Trinajstić information content (AvgIpc) is 3.10. The Balaban J connectivity index is 4.34. The molecule has 49 heavy (non-hydrogen) atoms. The van der Waals surface area contributed by atoms with E-state index in [2.05, 4.69) is 32.9 Å². The zero-order chi connectivity index (χ0) is 35.9. The van der Waals surface area contributed by atoms with Gasteiger partial charge in [-0.05, 0) is 38.5 Å². The topological polar surface area (TPSA) is 78.9 Å². The molecule has 0 heterocycles. The van der Waals surface area contributed by atoms with E-state index in [1.807, 2.05) is 0 Å². The summed E-state index contributed by atoms with van der Waals surface area (Å²) in [7, 11) is 0. The Hall–Kier alpha value is -1.85. The molecule has 0 aliphatic carbocycles. The molecule has 0 aliphatic heterocycles. The number of hydrogen-bond donors (Lipinski definition) is 0. The zero-order valence-corrected chi connectivity index (χ0v) is 32.7. The van der Waals surface area contributed by atoms with Crippen molar-refractivity contribution in [3.63, 3.8) is 0 Å². The van der Waals surface area contributed by atoms with Gasteiger partial charge in [0.2, 0.25) is 0 Å². The lowest BCUT2D eigenvalue weighted by Gasteiger charge is -2.18. The summed E-state index contributed by atoms with van der Waals surface area (Å²) < 4.78 is 16.6. The molecule has 0 saturated heterocycles. The Bertz CT molecular complexity index is 763. The van der Waals surface area contributed by atoms with Crippen LogP contribution in [0.5, 0.6) is 0 Å². The fraction of sp³-hybridized carbons (Fsp3) is 0.884. The second-order valence-electron chi connectivity index (χ2n) is 14.3. The molecule has 0 rings (SSSR count). The minimum atomic E-state index is -0.764. The summed E-state index contributed by atoms with van der Waals surface area (Å²) in [4.78, 5) is 37.5. The molecule has 0 radical (unpaired) electrons. The highest BCUT2D eigenvalue weighted by atomic mass is 16.6. The van der Waals surface area contributed by atoms with E-state index in [1.54, 1.807) is 0 Å². The Morgan fingerprint density at radius 2 is 0.714 bits per heavy atom. The maximum absolute atomic E-state index is 12.6. The van der Waals surface area contributed by atoms with Crippen molar-refractivity contribution in [2.24, 2.45) is 0 Å². The van der Waals surface area contributed by atoms with E-state index < -0.39 is 6.10 Å². The van der Waals surface area contributed by atoms with Gasteiger partial charge in [-0.25, -0.2) is 0 Å². The number of allylic oxidation sites excluding steroid dienone is 2. The van der Waals surface area contributed by atoms with Crippen LogP contribution >= 0.6 is 0 Å². The van der Waals surface area contributed by atoms with E-state index in [0.29, 0.717) is 19.3 Å². The number of rotatable bonds is 38. The lowest BCUT2D eigenvalue weighted by Crippen LogP contribution is -2.30. The summed E-state index contributed by atoms with van der Waals surface area (Å²) in [6.45, 7) is 6.54. The second-order valence-corrected chi connectivity index (χ2v) is 14.3. The van der Waals surface area contributed by atoms with Gasteiger partial charge in [0.25, 0.3) is 0 Å². The lowest BCUT2D eigenvalue weighted by atomic mass is 10.0. The van der Waals surface area contributed by atoms with Crippen LogP contribution in [0.2, 0.25) is 0 Å². The molecule has 0 amide bonds. The minimum Gasteiger partial charge on any atom is -0.462 e. The summed E-state index contributed by atoms with van der Waals surface area (Å²) in [6, 6.07) is 0. The molecule has 0 aromatic rings. The maximum Gasteiger partial charge on any atom is 0.306 e. The Morgan fingerprint density at radius 3 is 1.10 bits per heavy atom. The van der Waals surface area contributed by atoms with Crippen LogP contribution in [-0.4, -0.2) is 37.2 Å². The van der Waals surface area contributed by atoms with E-state index >= 15 is 0 Å². The summed E-state index contributed by atoms with van der Waals surface area (Å²) in [5.74, 6) is -0.880. The molecule has 1 unspecified atom stereocenters. The highest BCUT2D eigenvalue weighted by Gasteiger charge is 2.19. The van der Waals surface area contributed by atoms with Gasteiger partial charge in [0.1, 0.15) is 13.2 Å².